The van der Waals surface area contributed by atoms with E-state index >= 15 is 0 Å². The van der Waals surface area contributed by atoms with E-state index in [0.29, 0.717) is 14.3 Å². The van der Waals surface area contributed by atoms with E-state index in [1.165, 1.54) is 5.56 Å². The highest BCUT2D eigenvalue weighted by atomic mass is 32.0. The van der Waals surface area contributed by atoms with Crippen LogP contribution < -0.4 is 0 Å². The second kappa shape index (κ2) is 6.90. The molecule has 0 aliphatic carbocycles. The van der Waals surface area contributed by atoms with E-state index in [4.69, 9.17) is 0 Å². The minimum absolute atomic E-state index is 0.315. The highest BCUT2D eigenvalue weighted by molar-refractivity contribution is 8.10. The Morgan fingerprint density at radius 3 is 2.32 bits per heavy atom. The molecule has 3 atom stereocenters. The van der Waals surface area contributed by atoms with Crippen molar-refractivity contribution in [2.75, 3.05) is 13.2 Å². The first-order valence-electron chi connectivity index (χ1n) is 7.60. The Labute approximate surface area is 135 Å². The molecule has 1 saturated heterocycles. The first-order chi connectivity index (χ1) is 10.8. The summed E-state index contributed by atoms with van der Waals surface area (Å²) in [7, 11) is 1.44. The maximum absolute atomic E-state index is 13.2. The summed E-state index contributed by atoms with van der Waals surface area (Å²) in [6.45, 7) is 3.06. The molecule has 1 heterocycles. The lowest BCUT2D eigenvalue weighted by atomic mass is 9.74. The third-order valence-electron chi connectivity index (χ3n) is 4.34. The molecule has 114 valence electrons. The molecule has 2 aromatic rings. The summed E-state index contributed by atoms with van der Waals surface area (Å²) in [4.78, 5) is 13.2. The van der Waals surface area contributed by atoms with E-state index in [9.17, 15) is 4.79 Å². The Kier molecular flexibility index (Phi) is 4.91. The Morgan fingerprint density at radius 2 is 1.68 bits per heavy atom. The van der Waals surface area contributed by atoms with Crippen molar-refractivity contribution < 1.29 is 4.79 Å². The fourth-order valence-electron chi connectivity index (χ4n) is 3.25. The summed E-state index contributed by atoms with van der Waals surface area (Å²) >= 11 is 0. The SMILES string of the molecule is CPPN1CC[C@@](Cc2ccccc2)(c2ccccc2)C1=O. The van der Waals surface area contributed by atoms with Gasteiger partial charge in [0.1, 0.15) is 0 Å². The molecule has 0 N–H and O–H groups in total. The van der Waals surface area contributed by atoms with Gasteiger partial charge in [-0.3, -0.25) is 4.79 Å². The van der Waals surface area contributed by atoms with Crippen molar-refractivity contribution in [3.8, 4) is 0 Å². The Balaban J connectivity index is 1.99. The van der Waals surface area contributed by atoms with Gasteiger partial charge in [-0.05, 0) is 30.6 Å². The first-order valence-corrected chi connectivity index (χ1v) is 11.0. The third kappa shape index (κ3) is 2.96. The van der Waals surface area contributed by atoms with Gasteiger partial charge in [0.2, 0.25) is 5.91 Å². The van der Waals surface area contributed by atoms with Crippen molar-refractivity contribution in [2.45, 2.75) is 18.3 Å². The van der Waals surface area contributed by atoms with Crippen LogP contribution >= 0.6 is 16.7 Å². The largest absolute Gasteiger partial charge is 0.320 e. The zero-order valence-electron chi connectivity index (χ0n) is 12.8. The predicted molar refractivity (Wildman–Crippen MR) is 97.2 cm³/mol. The number of benzene rings is 2. The van der Waals surface area contributed by atoms with Gasteiger partial charge in [-0.1, -0.05) is 68.9 Å². The van der Waals surface area contributed by atoms with Crippen LogP contribution in [0.1, 0.15) is 17.5 Å². The number of carbonyl (C=O) groups excluding carboxylic acids is 1. The van der Waals surface area contributed by atoms with Gasteiger partial charge in [-0.25, -0.2) is 0 Å². The Morgan fingerprint density at radius 1 is 1.05 bits per heavy atom. The van der Waals surface area contributed by atoms with Crippen LogP contribution in [0.4, 0.5) is 0 Å². The summed E-state index contributed by atoms with van der Waals surface area (Å²) in [6, 6.07) is 20.7. The molecule has 3 rings (SSSR count). The van der Waals surface area contributed by atoms with E-state index in [2.05, 4.69) is 47.7 Å². The van der Waals surface area contributed by atoms with Crippen LogP contribution in [0.25, 0.3) is 0 Å². The summed E-state index contributed by atoms with van der Waals surface area (Å²) in [5.41, 5.74) is 2.02. The number of nitrogens with zero attached hydrogens (tertiary/aromatic N) is 1. The van der Waals surface area contributed by atoms with E-state index in [1.807, 2.05) is 24.3 Å². The van der Waals surface area contributed by atoms with Gasteiger partial charge >= 0.3 is 0 Å². The Hall–Kier alpha value is -1.23. The molecule has 2 aromatic carbocycles. The van der Waals surface area contributed by atoms with Gasteiger partial charge in [-0.2, -0.15) is 0 Å². The van der Waals surface area contributed by atoms with Crippen molar-refractivity contribution in [1.29, 1.82) is 0 Å². The molecule has 1 aliphatic rings. The molecule has 1 amide bonds. The standard InChI is InChI=1S/C18H21NOP2/c1-21-22-19-13-12-18(17(19)20,16-10-6-3-7-11-16)14-15-8-4-2-5-9-15/h2-11,21-22H,12-14H2,1H3/t18-/m1/s1. The van der Waals surface area contributed by atoms with Crippen molar-refractivity contribution in [3.63, 3.8) is 0 Å². The number of carbonyl (C=O) groups is 1. The lowest BCUT2D eigenvalue weighted by Gasteiger charge is -2.28. The van der Waals surface area contributed by atoms with Gasteiger partial charge in [-0.15, -0.1) is 0 Å². The molecule has 4 heteroatoms. The van der Waals surface area contributed by atoms with Crippen LogP contribution in [0, 0.1) is 0 Å². The highest BCUT2D eigenvalue weighted by Gasteiger charge is 2.47. The van der Waals surface area contributed by atoms with Crippen LogP contribution in [-0.4, -0.2) is 23.8 Å². The third-order valence-corrected chi connectivity index (χ3v) is 6.74. The molecule has 22 heavy (non-hydrogen) atoms. The zero-order valence-corrected chi connectivity index (χ0v) is 14.8. The fraction of sp³-hybridized carbons (Fsp3) is 0.278. The predicted octanol–water partition coefficient (Wildman–Crippen LogP) is 4.22. The molecule has 0 radical (unpaired) electrons. The van der Waals surface area contributed by atoms with Gasteiger partial charge < -0.3 is 4.67 Å². The molecule has 2 nitrogen and oxygen atoms in total. The van der Waals surface area contributed by atoms with Crippen molar-refractivity contribution >= 4 is 22.6 Å². The second-order valence-electron chi connectivity index (χ2n) is 5.68. The molecule has 1 fully saturated rings. The summed E-state index contributed by atoms with van der Waals surface area (Å²) < 4.78 is 2.08. The average molecular weight is 329 g/mol. The average Bonchev–Trinajstić information content (AvgIpc) is 2.88. The van der Waals surface area contributed by atoms with Gasteiger partial charge in [0.15, 0.2) is 0 Å². The van der Waals surface area contributed by atoms with E-state index < -0.39 is 0 Å². The number of amides is 1. The van der Waals surface area contributed by atoms with Gasteiger partial charge in [0, 0.05) is 15.0 Å². The minimum Gasteiger partial charge on any atom is -0.320 e. The molecular weight excluding hydrogens is 308 g/mol. The molecule has 0 aromatic heterocycles. The number of hydrogen-bond donors (Lipinski definition) is 0. The molecule has 1 aliphatic heterocycles. The van der Waals surface area contributed by atoms with E-state index in [-0.39, 0.29) is 5.41 Å². The monoisotopic (exact) mass is 329 g/mol. The Bertz CT molecular complexity index is 632. The van der Waals surface area contributed by atoms with Crippen LogP contribution in [0.3, 0.4) is 0 Å². The quantitative estimate of drug-likeness (QED) is 0.752. The number of hydrogen-bond acceptors (Lipinski definition) is 1. The lowest BCUT2D eigenvalue weighted by Crippen LogP contribution is -2.37. The summed E-state index contributed by atoms with van der Waals surface area (Å²) in [6.07, 6.45) is 1.71. The second-order valence-corrected chi connectivity index (χ2v) is 9.11. The smallest absolute Gasteiger partial charge is 0.236 e. The maximum Gasteiger partial charge on any atom is 0.236 e. The van der Waals surface area contributed by atoms with Gasteiger partial charge in [0.25, 0.3) is 0 Å². The minimum atomic E-state index is -0.380. The summed E-state index contributed by atoms with van der Waals surface area (Å²) in [5, 5.41) is 0. The van der Waals surface area contributed by atoms with Crippen LogP contribution in [-0.2, 0) is 16.6 Å². The molecule has 2 unspecified atom stereocenters. The van der Waals surface area contributed by atoms with Crippen LogP contribution in [0.15, 0.2) is 60.7 Å². The molecule has 0 saturated carbocycles. The van der Waals surface area contributed by atoms with Crippen LogP contribution in [0.2, 0.25) is 0 Å². The van der Waals surface area contributed by atoms with Crippen molar-refractivity contribution in [2.24, 2.45) is 0 Å². The van der Waals surface area contributed by atoms with Gasteiger partial charge in [0.05, 0.1) is 5.41 Å². The summed E-state index contributed by atoms with van der Waals surface area (Å²) in [5.74, 6) is 0.315. The molecule has 0 spiro atoms. The van der Waals surface area contributed by atoms with Crippen molar-refractivity contribution in [3.05, 3.63) is 71.8 Å². The lowest BCUT2D eigenvalue weighted by molar-refractivity contribution is -0.128. The maximum atomic E-state index is 13.2. The fourth-order valence-corrected chi connectivity index (χ4v) is 5.51. The topological polar surface area (TPSA) is 20.3 Å². The van der Waals surface area contributed by atoms with E-state index in [0.717, 1.165) is 33.2 Å². The first kappa shape index (κ1) is 15.7. The van der Waals surface area contributed by atoms with Crippen molar-refractivity contribution in [1.82, 2.24) is 4.67 Å². The highest BCUT2D eigenvalue weighted by Crippen LogP contribution is 2.47. The molecular formula is C18H21NOP2. The van der Waals surface area contributed by atoms with Crippen LogP contribution in [0.5, 0.6) is 0 Å². The normalized spacial score (nSPS) is 22.4. The van der Waals surface area contributed by atoms with E-state index in [1.54, 1.807) is 0 Å². The number of rotatable bonds is 5. The zero-order chi connectivity index (χ0) is 15.4. The molecule has 0 bridgehead atoms.